The lowest BCUT2D eigenvalue weighted by Gasteiger charge is -2.23. The Morgan fingerprint density at radius 1 is 0.971 bits per heavy atom. The molecule has 0 spiro atoms. The first kappa shape index (κ1) is 22.2. The van der Waals surface area contributed by atoms with Crippen molar-refractivity contribution in [1.29, 1.82) is 0 Å². The zero-order valence-corrected chi connectivity index (χ0v) is 19.4. The van der Waals surface area contributed by atoms with Gasteiger partial charge in [0.1, 0.15) is 18.1 Å². The fourth-order valence-electron chi connectivity index (χ4n) is 4.61. The van der Waals surface area contributed by atoms with Gasteiger partial charge in [0.15, 0.2) is 5.78 Å². The smallest absolute Gasteiger partial charge is 0.195 e. The van der Waals surface area contributed by atoms with Gasteiger partial charge in [-0.25, -0.2) is 0 Å². The van der Waals surface area contributed by atoms with E-state index < -0.39 is 0 Å². The number of para-hydroxylation sites is 1. The molecular formula is C29H29NO4. The van der Waals surface area contributed by atoms with Crippen molar-refractivity contribution in [1.82, 2.24) is 4.57 Å². The molecule has 1 fully saturated rings. The number of benzene rings is 3. The summed E-state index contributed by atoms with van der Waals surface area (Å²) in [6.07, 6.45) is 4.05. The van der Waals surface area contributed by atoms with Crippen LogP contribution < -0.4 is 9.47 Å². The van der Waals surface area contributed by atoms with Gasteiger partial charge in [-0.05, 0) is 54.7 Å². The summed E-state index contributed by atoms with van der Waals surface area (Å²) in [6, 6.07) is 23.4. The molecule has 0 aliphatic carbocycles. The van der Waals surface area contributed by atoms with E-state index in [9.17, 15) is 4.79 Å². The monoisotopic (exact) mass is 455 g/mol. The zero-order chi connectivity index (χ0) is 23.3. The molecule has 34 heavy (non-hydrogen) atoms. The number of nitrogens with zero attached hydrogens (tertiary/aromatic N) is 1. The first-order valence-corrected chi connectivity index (χ1v) is 11.8. The average molecular weight is 456 g/mol. The molecule has 0 bridgehead atoms. The van der Waals surface area contributed by atoms with Gasteiger partial charge in [-0.15, -0.1) is 0 Å². The van der Waals surface area contributed by atoms with Gasteiger partial charge >= 0.3 is 0 Å². The van der Waals surface area contributed by atoms with Crippen LogP contribution in [0.4, 0.5) is 0 Å². The standard InChI is InChI=1S/C29H29NO4/c1-32-24-12-10-23(11-13-24)29(31)26-19-30(18-21-14-16-33-17-15-21)28-25(26)8-5-9-27(28)34-20-22-6-3-2-4-7-22/h2-13,19,21H,14-18,20H2,1H3. The molecular weight excluding hydrogens is 426 g/mol. The van der Waals surface area contributed by atoms with Gasteiger partial charge in [-0.2, -0.15) is 0 Å². The molecule has 5 nitrogen and oxygen atoms in total. The van der Waals surface area contributed by atoms with Gasteiger partial charge in [-0.3, -0.25) is 4.79 Å². The van der Waals surface area contributed by atoms with E-state index in [0.29, 0.717) is 23.7 Å². The second-order valence-corrected chi connectivity index (χ2v) is 8.74. The Morgan fingerprint density at radius 2 is 1.74 bits per heavy atom. The molecule has 174 valence electrons. The van der Waals surface area contributed by atoms with Crippen molar-refractivity contribution in [2.24, 2.45) is 5.92 Å². The molecule has 1 aromatic heterocycles. The first-order valence-electron chi connectivity index (χ1n) is 11.8. The number of rotatable bonds is 8. The van der Waals surface area contributed by atoms with E-state index in [2.05, 4.69) is 16.7 Å². The van der Waals surface area contributed by atoms with E-state index in [1.54, 1.807) is 7.11 Å². The SMILES string of the molecule is COc1ccc(C(=O)c2cn(CC3CCOCC3)c3c(OCc4ccccc4)cccc23)cc1. The second-order valence-electron chi connectivity index (χ2n) is 8.74. The Labute approximate surface area is 199 Å². The third-order valence-corrected chi connectivity index (χ3v) is 6.49. The maximum Gasteiger partial charge on any atom is 0.195 e. The van der Waals surface area contributed by atoms with Gasteiger partial charge in [-0.1, -0.05) is 42.5 Å². The molecule has 3 aromatic carbocycles. The minimum absolute atomic E-state index is 0.00131. The van der Waals surface area contributed by atoms with Crippen molar-refractivity contribution in [3.05, 3.63) is 95.7 Å². The molecule has 0 radical (unpaired) electrons. The van der Waals surface area contributed by atoms with E-state index in [1.165, 1.54) is 0 Å². The Bertz CT molecular complexity index is 1250. The summed E-state index contributed by atoms with van der Waals surface area (Å²) in [4.78, 5) is 13.5. The van der Waals surface area contributed by atoms with Gasteiger partial charge in [0, 0.05) is 42.5 Å². The van der Waals surface area contributed by atoms with Crippen LogP contribution in [-0.4, -0.2) is 30.7 Å². The number of ketones is 1. The molecule has 0 saturated carbocycles. The van der Waals surface area contributed by atoms with Crippen LogP contribution in [0.1, 0.15) is 34.3 Å². The predicted octanol–water partition coefficient (Wildman–Crippen LogP) is 5.89. The van der Waals surface area contributed by atoms with Crippen LogP contribution >= 0.6 is 0 Å². The highest BCUT2D eigenvalue weighted by Crippen LogP contribution is 2.33. The quantitative estimate of drug-likeness (QED) is 0.311. The Kier molecular flexibility index (Phi) is 6.63. The van der Waals surface area contributed by atoms with Crippen molar-refractivity contribution < 1.29 is 19.0 Å². The predicted molar refractivity (Wildman–Crippen MR) is 133 cm³/mol. The summed E-state index contributed by atoms with van der Waals surface area (Å²) in [5.74, 6) is 2.03. The Balaban J connectivity index is 1.53. The number of ether oxygens (including phenoxy) is 3. The summed E-state index contributed by atoms with van der Waals surface area (Å²) in [7, 11) is 1.62. The maximum absolute atomic E-state index is 13.5. The van der Waals surface area contributed by atoms with Gasteiger partial charge in [0.2, 0.25) is 0 Å². The lowest BCUT2D eigenvalue weighted by Crippen LogP contribution is -2.20. The molecule has 4 aromatic rings. The van der Waals surface area contributed by atoms with Crippen LogP contribution in [0.15, 0.2) is 79.0 Å². The topological polar surface area (TPSA) is 49.7 Å². The summed E-state index contributed by atoms with van der Waals surface area (Å²) in [6.45, 7) is 2.89. The van der Waals surface area contributed by atoms with E-state index in [1.807, 2.05) is 66.9 Å². The van der Waals surface area contributed by atoms with E-state index in [4.69, 9.17) is 14.2 Å². The molecule has 1 aliphatic rings. The Hall–Kier alpha value is -3.57. The molecule has 0 unspecified atom stereocenters. The maximum atomic E-state index is 13.5. The van der Waals surface area contributed by atoms with E-state index >= 15 is 0 Å². The highest BCUT2D eigenvalue weighted by molar-refractivity contribution is 6.17. The lowest BCUT2D eigenvalue weighted by molar-refractivity contribution is 0.0616. The lowest BCUT2D eigenvalue weighted by atomic mass is 10.0. The van der Waals surface area contributed by atoms with Crippen molar-refractivity contribution in [3.8, 4) is 11.5 Å². The third kappa shape index (κ3) is 4.70. The van der Waals surface area contributed by atoms with Crippen LogP contribution in [0.3, 0.4) is 0 Å². The highest BCUT2D eigenvalue weighted by atomic mass is 16.5. The number of fused-ring (bicyclic) bond motifs is 1. The summed E-state index contributed by atoms with van der Waals surface area (Å²) in [5, 5.41) is 0.915. The molecule has 5 heteroatoms. The molecule has 1 saturated heterocycles. The van der Waals surface area contributed by atoms with Gasteiger partial charge < -0.3 is 18.8 Å². The van der Waals surface area contributed by atoms with Crippen LogP contribution in [-0.2, 0) is 17.9 Å². The van der Waals surface area contributed by atoms with Crippen molar-refractivity contribution in [2.75, 3.05) is 20.3 Å². The third-order valence-electron chi connectivity index (χ3n) is 6.49. The van der Waals surface area contributed by atoms with Crippen molar-refractivity contribution in [3.63, 3.8) is 0 Å². The number of carbonyl (C=O) groups excluding carboxylic acids is 1. The van der Waals surface area contributed by atoms with Crippen LogP contribution in [0.25, 0.3) is 10.9 Å². The minimum Gasteiger partial charge on any atom is -0.497 e. The van der Waals surface area contributed by atoms with Crippen LogP contribution in [0.5, 0.6) is 11.5 Å². The van der Waals surface area contributed by atoms with Crippen LogP contribution in [0, 0.1) is 5.92 Å². The number of carbonyl (C=O) groups is 1. The summed E-state index contributed by atoms with van der Waals surface area (Å²) >= 11 is 0. The fourth-order valence-corrected chi connectivity index (χ4v) is 4.61. The minimum atomic E-state index is -0.00131. The van der Waals surface area contributed by atoms with E-state index in [-0.39, 0.29) is 5.78 Å². The van der Waals surface area contributed by atoms with Crippen molar-refractivity contribution in [2.45, 2.75) is 26.0 Å². The number of aromatic nitrogens is 1. The van der Waals surface area contributed by atoms with Gasteiger partial charge in [0.25, 0.3) is 0 Å². The fraction of sp³-hybridized carbons (Fsp3) is 0.276. The summed E-state index contributed by atoms with van der Waals surface area (Å²) in [5.41, 5.74) is 3.41. The molecule has 0 amide bonds. The molecule has 1 aliphatic heterocycles. The Morgan fingerprint density at radius 3 is 2.47 bits per heavy atom. The average Bonchev–Trinajstić information content (AvgIpc) is 3.27. The number of methoxy groups -OCH3 is 1. The van der Waals surface area contributed by atoms with Crippen molar-refractivity contribution >= 4 is 16.7 Å². The highest BCUT2D eigenvalue weighted by Gasteiger charge is 2.22. The van der Waals surface area contributed by atoms with Gasteiger partial charge in [0.05, 0.1) is 12.6 Å². The summed E-state index contributed by atoms with van der Waals surface area (Å²) < 4.78 is 19.3. The van der Waals surface area contributed by atoms with E-state index in [0.717, 1.165) is 60.6 Å². The molecule has 2 heterocycles. The van der Waals surface area contributed by atoms with Crippen LogP contribution in [0.2, 0.25) is 0 Å². The largest absolute Gasteiger partial charge is 0.497 e. The number of hydrogen-bond acceptors (Lipinski definition) is 4. The number of hydrogen-bond donors (Lipinski definition) is 0. The molecule has 0 N–H and O–H groups in total. The first-order chi connectivity index (χ1) is 16.7. The normalized spacial score (nSPS) is 14.3. The zero-order valence-electron chi connectivity index (χ0n) is 19.4. The molecule has 0 atom stereocenters. The molecule has 5 rings (SSSR count). The second kappa shape index (κ2) is 10.1.